The number of ether oxygens (including phenoxy) is 1. The molecule has 25 heavy (non-hydrogen) atoms. The van der Waals surface area contributed by atoms with Gasteiger partial charge in [0.2, 0.25) is 10.0 Å². The van der Waals surface area contributed by atoms with Crippen LogP contribution in [0, 0.1) is 12.7 Å². The third-order valence-corrected chi connectivity index (χ3v) is 5.23. The molecule has 1 atom stereocenters. The number of benzene rings is 2. The predicted octanol–water partition coefficient (Wildman–Crippen LogP) is 2.41. The van der Waals surface area contributed by atoms with Crippen LogP contribution in [0.3, 0.4) is 0 Å². The van der Waals surface area contributed by atoms with E-state index in [-0.39, 0.29) is 23.4 Å². The standard InChI is InChI=1S/C18H22FNO4S/c1-13-10-16(8-9-17(13)19)25(22,23)20-12-18(2,21)11-14-4-6-15(24-3)7-5-14/h4-10,20-21H,11-12H2,1-3H3. The summed E-state index contributed by atoms with van der Waals surface area (Å²) >= 11 is 0. The normalized spacial score (nSPS) is 14.1. The number of hydrogen-bond acceptors (Lipinski definition) is 4. The fourth-order valence-corrected chi connectivity index (χ4v) is 3.61. The van der Waals surface area contributed by atoms with Crippen LogP contribution in [-0.4, -0.2) is 32.8 Å². The lowest BCUT2D eigenvalue weighted by atomic mass is 9.97. The molecule has 0 aliphatic carbocycles. The first-order chi connectivity index (χ1) is 11.6. The van der Waals surface area contributed by atoms with Gasteiger partial charge in [0.05, 0.1) is 17.6 Å². The maximum absolute atomic E-state index is 13.3. The van der Waals surface area contributed by atoms with Crippen molar-refractivity contribution in [3.05, 3.63) is 59.4 Å². The van der Waals surface area contributed by atoms with Crippen LogP contribution in [0.5, 0.6) is 5.75 Å². The van der Waals surface area contributed by atoms with Gasteiger partial charge in [-0.2, -0.15) is 0 Å². The number of nitrogens with one attached hydrogen (secondary N) is 1. The van der Waals surface area contributed by atoms with E-state index < -0.39 is 21.4 Å². The molecule has 2 rings (SSSR count). The van der Waals surface area contributed by atoms with Gasteiger partial charge in [-0.05, 0) is 55.3 Å². The molecule has 0 heterocycles. The Morgan fingerprint density at radius 3 is 2.40 bits per heavy atom. The van der Waals surface area contributed by atoms with Crippen molar-refractivity contribution < 1.29 is 22.7 Å². The molecule has 0 aliphatic rings. The molecule has 2 aromatic rings. The molecule has 0 radical (unpaired) electrons. The zero-order valence-corrected chi connectivity index (χ0v) is 15.2. The Kier molecular flexibility index (Phi) is 5.82. The maximum Gasteiger partial charge on any atom is 0.240 e. The van der Waals surface area contributed by atoms with Gasteiger partial charge in [0.1, 0.15) is 11.6 Å². The number of aryl methyl sites for hydroxylation is 1. The highest BCUT2D eigenvalue weighted by atomic mass is 32.2. The van der Waals surface area contributed by atoms with Crippen molar-refractivity contribution in [1.82, 2.24) is 4.72 Å². The molecule has 0 saturated heterocycles. The molecule has 0 bridgehead atoms. The quantitative estimate of drug-likeness (QED) is 0.788. The average molecular weight is 367 g/mol. The van der Waals surface area contributed by atoms with E-state index in [2.05, 4.69) is 4.72 Å². The molecule has 2 aromatic carbocycles. The average Bonchev–Trinajstić information content (AvgIpc) is 2.56. The molecular weight excluding hydrogens is 345 g/mol. The lowest BCUT2D eigenvalue weighted by Gasteiger charge is -2.24. The Morgan fingerprint density at radius 1 is 1.20 bits per heavy atom. The van der Waals surface area contributed by atoms with Gasteiger partial charge in [-0.3, -0.25) is 0 Å². The van der Waals surface area contributed by atoms with E-state index in [4.69, 9.17) is 4.74 Å². The number of sulfonamides is 1. The van der Waals surface area contributed by atoms with E-state index in [0.717, 1.165) is 11.6 Å². The van der Waals surface area contributed by atoms with Crippen molar-refractivity contribution in [2.45, 2.75) is 30.8 Å². The highest BCUT2D eigenvalue weighted by Crippen LogP contribution is 2.18. The maximum atomic E-state index is 13.3. The Hall–Kier alpha value is -1.96. The molecule has 0 aromatic heterocycles. The molecular formula is C18H22FNO4S. The second-order valence-corrected chi connectivity index (χ2v) is 8.02. The van der Waals surface area contributed by atoms with E-state index in [1.807, 2.05) is 12.1 Å². The zero-order valence-electron chi connectivity index (χ0n) is 14.4. The van der Waals surface area contributed by atoms with Gasteiger partial charge in [0.25, 0.3) is 0 Å². The summed E-state index contributed by atoms with van der Waals surface area (Å²) in [5.74, 6) is 0.237. The summed E-state index contributed by atoms with van der Waals surface area (Å²) < 4.78 is 45.4. The monoisotopic (exact) mass is 367 g/mol. The van der Waals surface area contributed by atoms with Gasteiger partial charge < -0.3 is 9.84 Å². The minimum atomic E-state index is -3.83. The summed E-state index contributed by atoms with van der Waals surface area (Å²) in [4.78, 5) is -0.0355. The smallest absolute Gasteiger partial charge is 0.240 e. The van der Waals surface area contributed by atoms with E-state index in [9.17, 15) is 17.9 Å². The summed E-state index contributed by atoms with van der Waals surface area (Å²) in [6.07, 6.45) is 0.266. The molecule has 5 nitrogen and oxygen atoms in total. The fraction of sp³-hybridized carbons (Fsp3) is 0.333. The lowest BCUT2D eigenvalue weighted by Crippen LogP contribution is -2.42. The fourth-order valence-electron chi connectivity index (χ4n) is 2.36. The second kappa shape index (κ2) is 7.51. The van der Waals surface area contributed by atoms with Crippen LogP contribution in [0.4, 0.5) is 4.39 Å². The highest BCUT2D eigenvalue weighted by Gasteiger charge is 2.25. The lowest BCUT2D eigenvalue weighted by molar-refractivity contribution is 0.0657. The van der Waals surface area contributed by atoms with Gasteiger partial charge in [0.15, 0.2) is 0 Å². The van der Waals surface area contributed by atoms with Crippen molar-refractivity contribution in [3.63, 3.8) is 0 Å². The summed E-state index contributed by atoms with van der Waals surface area (Å²) in [6, 6.07) is 10.7. The van der Waals surface area contributed by atoms with Crippen LogP contribution in [0.2, 0.25) is 0 Å². The minimum absolute atomic E-state index is 0.0355. The van der Waals surface area contributed by atoms with E-state index in [0.29, 0.717) is 5.75 Å². The Labute approximate surface area is 147 Å². The van der Waals surface area contributed by atoms with Gasteiger partial charge in [-0.15, -0.1) is 0 Å². The van der Waals surface area contributed by atoms with Crippen LogP contribution in [0.15, 0.2) is 47.4 Å². The van der Waals surface area contributed by atoms with Crippen LogP contribution < -0.4 is 9.46 Å². The topological polar surface area (TPSA) is 75.6 Å². The molecule has 1 unspecified atom stereocenters. The van der Waals surface area contributed by atoms with Crippen molar-refractivity contribution >= 4 is 10.0 Å². The summed E-state index contributed by atoms with van der Waals surface area (Å²) in [7, 11) is -2.27. The summed E-state index contributed by atoms with van der Waals surface area (Å²) in [5, 5.41) is 10.5. The number of methoxy groups -OCH3 is 1. The first-order valence-electron chi connectivity index (χ1n) is 7.74. The number of halogens is 1. The van der Waals surface area contributed by atoms with Gasteiger partial charge in [0, 0.05) is 13.0 Å². The molecule has 0 amide bonds. The van der Waals surface area contributed by atoms with Crippen LogP contribution in [0.1, 0.15) is 18.1 Å². The number of aliphatic hydroxyl groups is 1. The molecule has 0 fully saturated rings. The second-order valence-electron chi connectivity index (χ2n) is 6.26. The zero-order chi connectivity index (χ0) is 18.7. The summed E-state index contributed by atoms with van der Waals surface area (Å²) in [5.41, 5.74) is -0.188. The van der Waals surface area contributed by atoms with Crippen molar-refractivity contribution in [2.75, 3.05) is 13.7 Å². The molecule has 136 valence electrons. The largest absolute Gasteiger partial charge is 0.497 e. The first-order valence-corrected chi connectivity index (χ1v) is 9.22. The summed E-state index contributed by atoms with van der Waals surface area (Å²) in [6.45, 7) is 2.88. The minimum Gasteiger partial charge on any atom is -0.497 e. The SMILES string of the molecule is COc1ccc(CC(C)(O)CNS(=O)(=O)c2ccc(F)c(C)c2)cc1. The van der Waals surface area contributed by atoms with Crippen molar-refractivity contribution in [1.29, 1.82) is 0 Å². The molecule has 7 heteroatoms. The highest BCUT2D eigenvalue weighted by molar-refractivity contribution is 7.89. The molecule has 0 aliphatic heterocycles. The van der Waals surface area contributed by atoms with Crippen LogP contribution in [0.25, 0.3) is 0 Å². The third-order valence-electron chi connectivity index (χ3n) is 3.83. The van der Waals surface area contributed by atoms with E-state index >= 15 is 0 Å². The van der Waals surface area contributed by atoms with Crippen molar-refractivity contribution in [2.24, 2.45) is 0 Å². The van der Waals surface area contributed by atoms with Gasteiger partial charge >= 0.3 is 0 Å². The Morgan fingerprint density at radius 2 is 1.84 bits per heavy atom. The predicted molar refractivity (Wildman–Crippen MR) is 93.6 cm³/mol. The van der Waals surface area contributed by atoms with E-state index in [1.54, 1.807) is 26.2 Å². The van der Waals surface area contributed by atoms with Crippen LogP contribution >= 0.6 is 0 Å². The molecule has 0 saturated carbocycles. The molecule has 0 spiro atoms. The first kappa shape index (κ1) is 19.4. The van der Waals surface area contributed by atoms with Crippen molar-refractivity contribution in [3.8, 4) is 5.75 Å². The van der Waals surface area contributed by atoms with Crippen LogP contribution in [-0.2, 0) is 16.4 Å². The van der Waals surface area contributed by atoms with Gasteiger partial charge in [-0.25, -0.2) is 17.5 Å². The Balaban J connectivity index is 2.05. The third kappa shape index (κ3) is 5.26. The van der Waals surface area contributed by atoms with Gasteiger partial charge in [-0.1, -0.05) is 12.1 Å². The molecule has 2 N–H and O–H groups in total. The number of hydrogen-bond donors (Lipinski definition) is 2. The van der Waals surface area contributed by atoms with E-state index in [1.165, 1.54) is 19.1 Å². The Bertz CT molecular complexity index is 833. The number of rotatable bonds is 7.